The monoisotopic (exact) mass is 765 g/mol. The van der Waals surface area contributed by atoms with Gasteiger partial charge in [0, 0.05) is 17.1 Å². The average molecular weight is 766 g/mol. The summed E-state index contributed by atoms with van der Waals surface area (Å²) in [7, 11) is 0. The first-order chi connectivity index (χ1) is 29.7. The number of aryl methyl sites for hydroxylation is 1. The summed E-state index contributed by atoms with van der Waals surface area (Å²) < 4.78 is 0. The van der Waals surface area contributed by atoms with Crippen LogP contribution >= 0.6 is 0 Å². The number of nitrogens with zero attached hydrogens (tertiary/aromatic N) is 1. The molecule has 10 aromatic carbocycles. The van der Waals surface area contributed by atoms with Crippen molar-refractivity contribution < 1.29 is 0 Å². The third-order valence-electron chi connectivity index (χ3n) is 11.6. The number of anilines is 3. The van der Waals surface area contributed by atoms with Crippen LogP contribution in [0.3, 0.4) is 0 Å². The lowest BCUT2D eigenvalue weighted by Crippen LogP contribution is -2.09. The first kappa shape index (κ1) is 36.6. The van der Waals surface area contributed by atoms with Gasteiger partial charge in [0.2, 0.25) is 0 Å². The Balaban J connectivity index is 1.03. The van der Waals surface area contributed by atoms with Crippen LogP contribution in [0.5, 0.6) is 0 Å². The van der Waals surface area contributed by atoms with Crippen LogP contribution in [0.15, 0.2) is 243 Å². The summed E-state index contributed by atoms with van der Waals surface area (Å²) in [4.78, 5) is 2.36. The van der Waals surface area contributed by atoms with Crippen LogP contribution in [0, 0.1) is 6.92 Å². The number of fused-ring (bicyclic) bond motifs is 1. The molecule has 0 bridgehead atoms. The van der Waals surface area contributed by atoms with Crippen LogP contribution in [0.25, 0.3) is 77.5 Å². The lowest BCUT2D eigenvalue weighted by atomic mass is 9.91. The molecule has 0 atom stereocenters. The molecular weight excluding hydrogens is 723 g/mol. The Bertz CT molecular complexity index is 3030. The van der Waals surface area contributed by atoms with Gasteiger partial charge in [-0.2, -0.15) is 0 Å². The number of rotatable bonds is 9. The molecule has 0 N–H and O–H groups in total. The van der Waals surface area contributed by atoms with Crippen LogP contribution in [0.4, 0.5) is 17.1 Å². The van der Waals surface area contributed by atoms with Gasteiger partial charge in [-0.25, -0.2) is 0 Å². The van der Waals surface area contributed by atoms with Crippen molar-refractivity contribution in [3.63, 3.8) is 0 Å². The molecule has 0 unspecified atom stereocenters. The highest BCUT2D eigenvalue weighted by Crippen LogP contribution is 2.41. The van der Waals surface area contributed by atoms with E-state index >= 15 is 0 Å². The molecular formula is C59H43N. The van der Waals surface area contributed by atoms with Gasteiger partial charge in [0.25, 0.3) is 0 Å². The summed E-state index contributed by atoms with van der Waals surface area (Å²) in [6, 6.07) is 87.9. The first-order valence-corrected chi connectivity index (χ1v) is 20.7. The van der Waals surface area contributed by atoms with E-state index in [2.05, 4.69) is 254 Å². The molecule has 0 saturated heterocycles. The lowest BCUT2D eigenvalue weighted by molar-refractivity contribution is 1.28. The van der Waals surface area contributed by atoms with Crippen LogP contribution in [0.1, 0.15) is 5.56 Å². The van der Waals surface area contributed by atoms with Gasteiger partial charge in [-0.1, -0.05) is 206 Å². The average Bonchev–Trinajstić information content (AvgIpc) is 3.33. The third kappa shape index (κ3) is 7.30. The maximum Gasteiger partial charge on any atom is 0.0462 e. The topological polar surface area (TPSA) is 3.24 Å². The molecule has 60 heavy (non-hydrogen) atoms. The fourth-order valence-electron chi connectivity index (χ4n) is 8.50. The molecule has 0 heterocycles. The fourth-order valence-corrected chi connectivity index (χ4v) is 8.50. The molecule has 0 spiro atoms. The molecule has 0 aromatic heterocycles. The van der Waals surface area contributed by atoms with Crippen LogP contribution in [-0.2, 0) is 0 Å². The number of benzene rings is 10. The molecule has 1 nitrogen and oxygen atoms in total. The van der Waals surface area contributed by atoms with Gasteiger partial charge in [-0.15, -0.1) is 0 Å². The predicted molar refractivity (Wildman–Crippen MR) is 256 cm³/mol. The van der Waals surface area contributed by atoms with Crippen molar-refractivity contribution in [1.29, 1.82) is 0 Å². The van der Waals surface area contributed by atoms with E-state index in [0.29, 0.717) is 0 Å². The Morgan fingerprint density at radius 3 is 1.13 bits per heavy atom. The second kappa shape index (κ2) is 16.3. The predicted octanol–water partition coefficient (Wildman–Crippen LogP) is 16.6. The van der Waals surface area contributed by atoms with Gasteiger partial charge in [-0.05, 0) is 127 Å². The van der Waals surface area contributed by atoms with Crippen LogP contribution in [-0.4, -0.2) is 0 Å². The molecule has 284 valence electrons. The molecule has 10 rings (SSSR count). The van der Waals surface area contributed by atoms with Crippen molar-refractivity contribution >= 4 is 27.8 Å². The fraction of sp³-hybridized carbons (Fsp3) is 0.0169. The maximum atomic E-state index is 2.36. The summed E-state index contributed by atoms with van der Waals surface area (Å²) in [6.45, 7) is 2.14. The van der Waals surface area contributed by atoms with E-state index in [4.69, 9.17) is 0 Å². The lowest BCUT2D eigenvalue weighted by Gasteiger charge is -2.26. The Labute approximate surface area is 353 Å². The molecule has 0 aliphatic heterocycles. The second-order valence-electron chi connectivity index (χ2n) is 15.4. The second-order valence-corrected chi connectivity index (χ2v) is 15.4. The molecule has 0 saturated carbocycles. The molecule has 0 radical (unpaired) electrons. The summed E-state index contributed by atoms with van der Waals surface area (Å²) in [6.07, 6.45) is 0. The molecule has 10 aromatic rings. The molecule has 0 amide bonds. The van der Waals surface area contributed by atoms with E-state index < -0.39 is 0 Å². The van der Waals surface area contributed by atoms with Crippen molar-refractivity contribution in [3.05, 3.63) is 248 Å². The van der Waals surface area contributed by atoms with Gasteiger partial charge in [-0.3, -0.25) is 0 Å². The van der Waals surface area contributed by atoms with E-state index in [1.807, 2.05) is 0 Å². The normalized spacial score (nSPS) is 11.1. The standard InChI is InChI=1S/C59H43N/c1-42-25-27-47(28-26-42)57-23-11-17-49-18-12-24-58(59(49)57)48-33-39-54(40-34-48)60(52-35-29-45(30-36-52)43-13-4-2-5-14-43)53-37-31-46(32-38-53)55-21-8-9-22-56(55)51-20-10-19-50(41-51)44-15-6-3-7-16-44/h2-41H,1H3. The van der Waals surface area contributed by atoms with Crippen molar-refractivity contribution in [1.82, 2.24) is 0 Å². The van der Waals surface area contributed by atoms with Crippen molar-refractivity contribution in [2.24, 2.45) is 0 Å². The van der Waals surface area contributed by atoms with Crippen molar-refractivity contribution in [3.8, 4) is 66.8 Å². The zero-order valence-corrected chi connectivity index (χ0v) is 33.5. The first-order valence-electron chi connectivity index (χ1n) is 20.7. The van der Waals surface area contributed by atoms with Gasteiger partial charge in [0.15, 0.2) is 0 Å². The molecule has 1 heteroatoms. The number of hydrogen-bond acceptors (Lipinski definition) is 1. The molecule has 0 aliphatic carbocycles. The maximum absolute atomic E-state index is 2.36. The molecule has 0 aliphatic rings. The summed E-state index contributed by atoms with van der Waals surface area (Å²) in [5, 5.41) is 2.51. The largest absolute Gasteiger partial charge is 0.311 e. The van der Waals surface area contributed by atoms with E-state index in [1.54, 1.807) is 0 Å². The minimum absolute atomic E-state index is 1.09. The van der Waals surface area contributed by atoms with Crippen LogP contribution < -0.4 is 4.90 Å². The summed E-state index contributed by atoms with van der Waals surface area (Å²) >= 11 is 0. The Morgan fingerprint density at radius 1 is 0.250 bits per heavy atom. The number of hydrogen-bond donors (Lipinski definition) is 0. The Hall–Kier alpha value is -7.74. The Kier molecular flexibility index (Phi) is 9.91. The smallest absolute Gasteiger partial charge is 0.0462 e. The summed E-state index contributed by atoms with van der Waals surface area (Å²) in [5.74, 6) is 0. The highest BCUT2D eigenvalue weighted by molar-refractivity contribution is 6.06. The Morgan fingerprint density at radius 2 is 0.600 bits per heavy atom. The van der Waals surface area contributed by atoms with Crippen LogP contribution in [0.2, 0.25) is 0 Å². The molecule has 0 fully saturated rings. The zero-order chi connectivity index (χ0) is 40.3. The van der Waals surface area contributed by atoms with Crippen molar-refractivity contribution in [2.45, 2.75) is 6.92 Å². The highest BCUT2D eigenvalue weighted by atomic mass is 15.1. The van der Waals surface area contributed by atoms with E-state index in [9.17, 15) is 0 Å². The highest BCUT2D eigenvalue weighted by Gasteiger charge is 2.16. The van der Waals surface area contributed by atoms with Gasteiger partial charge in [0.1, 0.15) is 0 Å². The van der Waals surface area contributed by atoms with E-state index in [-0.39, 0.29) is 0 Å². The zero-order valence-electron chi connectivity index (χ0n) is 33.5. The van der Waals surface area contributed by atoms with E-state index in [0.717, 1.165) is 17.1 Å². The minimum atomic E-state index is 1.09. The third-order valence-corrected chi connectivity index (χ3v) is 11.6. The minimum Gasteiger partial charge on any atom is -0.311 e. The van der Waals surface area contributed by atoms with Gasteiger partial charge >= 0.3 is 0 Å². The van der Waals surface area contributed by atoms with E-state index in [1.165, 1.54) is 83.1 Å². The SMILES string of the molecule is Cc1ccc(-c2cccc3cccc(-c4ccc(N(c5ccc(-c6ccccc6)cc5)c5ccc(-c6ccccc6-c6cccc(-c7ccccc7)c6)cc5)cc4)c23)cc1. The summed E-state index contributed by atoms with van der Waals surface area (Å²) in [5.41, 5.74) is 19.1. The quantitative estimate of drug-likeness (QED) is 0.141. The van der Waals surface area contributed by atoms with Crippen molar-refractivity contribution in [2.75, 3.05) is 4.90 Å². The van der Waals surface area contributed by atoms with Gasteiger partial charge < -0.3 is 4.90 Å². The van der Waals surface area contributed by atoms with Gasteiger partial charge in [0.05, 0.1) is 0 Å².